The molecule has 1 heterocycles. The third-order valence-electron chi connectivity index (χ3n) is 4.15. The van der Waals surface area contributed by atoms with Gasteiger partial charge in [0.15, 0.2) is 0 Å². The molecule has 2 nitrogen and oxygen atoms in total. The summed E-state index contributed by atoms with van der Waals surface area (Å²) < 4.78 is 0. The summed E-state index contributed by atoms with van der Waals surface area (Å²) in [5, 5.41) is 0.522. The van der Waals surface area contributed by atoms with E-state index in [1.54, 1.807) is 0 Å². The molecule has 3 rings (SSSR count). The van der Waals surface area contributed by atoms with Crippen LogP contribution in [0.2, 0.25) is 5.15 Å². The summed E-state index contributed by atoms with van der Waals surface area (Å²) >= 11 is 6.23. The van der Waals surface area contributed by atoms with E-state index in [-0.39, 0.29) is 5.41 Å². The summed E-state index contributed by atoms with van der Waals surface area (Å²) in [6.45, 7) is 6.33. The summed E-state index contributed by atoms with van der Waals surface area (Å²) in [5.41, 5.74) is 3.45. The maximum atomic E-state index is 6.23. The molecular formula is C18H21ClN2. The average Bonchev–Trinajstić information content (AvgIpc) is 2.35. The van der Waals surface area contributed by atoms with Gasteiger partial charge in [0.2, 0.25) is 0 Å². The fourth-order valence-electron chi connectivity index (χ4n) is 2.70. The molecule has 1 aliphatic rings. The third-order valence-corrected chi connectivity index (χ3v) is 4.34. The van der Waals surface area contributed by atoms with Crippen molar-refractivity contribution >= 4 is 11.6 Å². The Labute approximate surface area is 131 Å². The second-order valence-electron chi connectivity index (χ2n) is 6.86. The van der Waals surface area contributed by atoms with Crippen molar-refractivity contribution in [1.29, 1.82) is 0 Å². The maximum Gasteiger partial charge on any atom is 0.136 e. The Morgan fingerprint density at radius 1 is 1.10 bits per heavy atom. The van der Waals surface area contributed by atoms with Gasteiger partial charge in [-0.1, -0.05) is 63.1 Å². The van der Waals surface area contributed by atoms with Crippen LogP contribution in [0.1, 0.15) is 57.3 Å². The molecule has 0 unspecified atom stereocenters. The van der Waals surface area contributed by atoms with Crippen molar-refractivity contribution in [3.8, 4) is 11.3 Å². The minimum absolute atomic E-state index is 0.106. The van der Waals surface area contributed by atoms with E-state index in [2.05, 4.69) is 50.0 Å². The van der Waals surface area contributed by atoms with Crippen LogP contribution >= 0.6 is 11.6 Å². The van der Waals surface area contributed by atoms with Gasteiger partial charge in [0.1, 0.15) is 11.0 Å². The summed E-state index contributed by atoms with van der Waals surface area (Å²) in [6, 6.07) is 10.5. The Balaban J connectivity index is 2.10. The second kappa shape index (κ2) is 5.42. The predicted molar refractivity (Wildman–Crippen MR) is 87.8 cm³/mol. The maximum absolute atomic E-state index is 6.23. The topological polar surface area (TPSA) is 25.8 Å². The fourth-order valence-corrected chi connectivity index (χ4v) is 2.88. The number of hydrogen-bond donors (Lipinski definition) is 0. The SMILES string of the molecule is CC(C)(C)c1nc(Cl)cc(-c2ccccc2C2CCC2)n1. The van der Waals surface area contributed by atoms with Crippen molar-refractivity contribution in [2.45, 2.75) is 51.4 Å². The molecule has 0 radical (unpaired) electrons. The normalized spacial score (nSPS) is 15.8. The first-order valence-electron chi connectivity index (χ1n) is 7.59. The molecule has 0 spiro atoms. The largest absolute Gasteiger partial charge is 0.232 e. The molecule has 0 saturated heterocycles. The van der Waals surface area contributed by atoms with Crippen LogP contribution in [0.3, 0.4) is 0 Å². The predicted octanol–water partition coefficient (Wildman–Crippen LogP) is 5.36. The number of nitrogens with zero attached hydrogens (tertiary/aromatic N) is 2. The zero-order chi connectivity index (χ0) is 15.0. The average molecular weight is 301 g/mol. The number of aromatic nitrogens is 2. The molecule has 2 aromatic rings. The van der Waals surface area contributed by atoms with Gasteiger partial charge < -0.3 is 0 Å². The zero-order valence-electron chi connectivity index (χ0n) is 12.9. The Morgan fingerprint density at radius 3 is 2.43 bits per heavy atom. The highest BCUT2D eigenvalue weighted by atomic mass is 35.5. The van der Waals surface area contributed by atoms with Crippen molar-refractivity contribution in [3.05, 3.63) is 46.9 Å². The van der Waals surface area contributed by atoms with Crippen LogP contribution in [0.25, 0.3) is 11.3 Å². The summed E-state index contributed by atoms with van der Waals surface area (Å²) in [4.78, 5) is 9.17. The molecule has 0 bridgehead atoms. The van der Waals surface area contributed by atoms with Gasteiger partial charge in [0.05, 0.1) is 5.69 Å². The van der Waals surface area contributed by atoms with E-state index < -0.39 is 0 Å². The van der Waals surface area contributed by atoms with Gasteiger partial charge in [0.25, 0.3) is 0 Å². The van der Waals surface area contributed by atoms with Crippen LogP contribution in [0, 0.1) is 0 Å². The van der Waals surface area contributed by atoms with Crippen LogP contribution in [-0.4, -0.2) is 9.97 Å². The summed E-state index contributed by atoms with van der Waals surface area (Å²) in [6.07, 6.45) is 3.89. The molecular weight excluding hydrogens is 280 g/mol. The molecule has 0 N–H and O–H groups in total. The fraction of sp³-hybridized carbons (Fsp3) is 0.444. The summed E-state index contributed by atoms with van der Waals surface area (Å²) in [5.74, 6) is 1.47. The van der Waals surface area contributed by atoms with E-state index >= 15 is 0 Å². The van der Waals surface area contributed by atoms with Crippen molar-refractivity contribution in [2.24, 2.45) is 0 Å². The zero-order valence-corrected chi connectivity index (χ0v) is 13.6. The van der Waals surface area contributed by atoms with Crippen molar-refractivity contribution < 1.29 is 0 Å². The van der Waals surface area contributed by atoms with Crippen molar-refractivity contribution in [1.82, 2.24) is 9.97 Å². The van der Waals surface area contributed by atoms with Crippen LogP contribution in [0.15, 0.2) is 30.3 Å². The molecule has 0 amide bonds. The van der Waals surface area contributed by atoms with E-state index in [0.717, 1.165) is 11.5 Å². The van der Waals surface area contributed by atoms with Crippen LogP contribution in [0.5, 0.6) is 0 Å². The molecule has 1 fully saturated rings. The van der Waals surface area contributed by atoms with E-state index in [4.69, 9.17) is 16.6 Å². The molecule has 1 aromatic heterocycles. The number of rotatable bonds is 2. The van der Waals surface area contributed by atoms with E-state index in [9.17, 15) is 0 Å². The molecule has 0 atom stereocenters. The molecule has 21 heavy (non-hydrogen) atoms. The highest BCUT2D eigenvalue weighted by Crippen LogP contribution is 2.41. The minimum Gasteiger partial charge on any atom is -0.232 e. The first-order chi connectivity index (χ1) is 9.95. The van der Waals surface area contributed by atoms with Gasteiger partial charge in [-0.25, -0.2) is 9.97 Å². The smallest absolute Gasteiger partial charge is 0.136 e. The molecule has 1 aromatic carbocycles. The molecule has 1 aliphatic carbocycles. The molecule has 110 valence electrons. The van der Waals surface area contributed by atoms with Gasteiger partial charge in [-0.15, -0.1) is 0 Å². The van der Waals surface area contributed by atoms with Crippen molar-refractivity contribution in [3.63, 3.8) is 0 Å². The molecule has 3 heteroatoms. The Morgan fingerprint density at radius 2 is 1.81 bits per heavy atom. The molecule has 0 aliphatic heterocycles. The second-order valence-corrected chi connectivity index (χ2v) is 7.25. The van der Waals surface area contributed by atoms with E-state index in [1.807, 2.05) is 6.07 Å². The van der Waals surface area contributed by atoms with Crippen LogP contribution in [-0.2, 0) is 5.41 Å². The lowest BCUT2D eigenvalue weighted by molar-refractivity contribution is 0.420. The Kier molecular flexibility index (Phi) is 3.75. The minimum atomic E-state index is -0.106. The van der Waals surface area contributed by atoms with Crippen LogP contribution < -0.4 is 0 Å². The first kappa shape index (κ1) is 14.5. The lowest BCUT2D eigenvalue weighted by Gasteiger charge is -2.28. The Hall–Kier alpha value is -1.41. The van der Waals surface area contributed by atoms with E-state index in [1.165, 1.54) is 30.4 Å². The van der Waals surface area contributed by atoms with Gasteiger partial charge in [-0.2, -0.15) is 0 Å². The third kappa shape index (κ3) is 2.96. The lowest BCUT2D eigenvalue weighted by atomic mass is 9.78. The molecule has 1 saturated carbocycles. The standard InChI is InChI=1S/C18H21ClN2/c1-18(2,3)17-20-15(11-16(19)21-17)14-10-5-4-9-13(14)12-7-6-8-12/h4-5,9-12H,6-8H2,1-3H3. The first-order valence-corrected chi connectivity index (χ1v) is 7.97. The highest BCUT2D eigenvalue weighted by Gasteiger charge is 2.24. The van der Waals surface area contributed by atoms with Gasteiger partial charge in [-0.05, 0) is 24.3 Å². The lowest BCUT2D eigenvalue weighted by Crippen LogP contribution is -2.17. The number of halogens is 1. The van der Waals surface area contributed by atoms with Crippen molar-refractivity contribution in [2.75, 3.05) is 0 Å². The van der Waals surface area contributed by atoms with Gasteiger partial charge in [-0.3, -0.25) is 0 Å². The van der Waals surface area contributed by atoms with E-state index in [0.29, 0.717) is 11.1 Å². The van der Waals surface area contributed by atoms with Crippen LogP contribution in [0.4, 0.5) is 0 Å². The van der Waals surface area contributed by atoms with Gasteiger partial charge in [0, 0.05) is 17.0 Å². The summed E-state index contributed by atoms with van der Waals surface area (Å²) in [7, 11) is 0. The number of benzene rings is 1. The quantitative estimate of drug-likeness (QED) is 0.698. The number of hydrogen-bond acceptors (Lipinski definition) is 2. The monoisotopic (exact) mass is 300 g/mol. The van der Waals surface area contributed by atoms with Gasteiger partial charge >= 0.3 is 0 Å². The highest BCUT2D eigenvalue weighted by molar-refractivity contribution is 6.29. The Bertz CT molecular complexity index is 655.